The minimum atomic E-state index is -0.343. The number of nitrogens with zero attached hydrogens (tertiary/aromatic N) is 2. The van der Waals surface area contributed by atoms with Gasteiger partial charge in [0.05, 0.1) is 4.92 Å². The van der Waals surface area contributed by atoms with Gasteiger partial charge in [0.1, 0.15) is 5.69 Å². The molecule has 5 heteroatoms. The van der Waals surface area contributed by atoms with Crippen LogP contribution in [0.3, 0.4) is 0 Å². The lowest BCUT2D eigenvalue weighted by molar-refractivity contribution is -0.384. The summed E-state index contributed by atoms with van der Waals surface area (Å²) in [6.45, 7) is 6.38. The molecule has 0 aromatic heterocycles. The Morgan fingerprint density at radius 3 is 2.47 bits per heavy atom. The van der Waals surface area contributed by atoms with Crippen molar-refractivity contribution in [3.05, 3.63) is 33.9 Å². The summed E-state index contributed by atoms with van der Waals surface area (Å²) in [4.78, 5) is 12.8. The number of hydrogen-bond donors (Lipinski definition) is 0. The van der Waals surface area contributed by atoms with Crippen molar-refractivity contribution < 1.29 is 4.92 Å². The maximum absolute atomic E-state index is 11.2. The number of halogens is 1. The molecule has 106 valence electrons. The molecule has 1 aromatic carbocycles. The maximum Gasteiger partial charge on any atom is 0.292 e. The van der Waals surface area contributed by atoms with E-state index in [-0.39, 0.29) is 22.5 Å². The lowest BCUT2D eigenvalue weighted by Crippen LogP contribution is -2.30. The van der Waals surface area contributed by atoms with Crippen LogP contribution in [0.4, 0.5) is 11.4 Å². The van der Waals surface area contributed by atoms with Crippen LogP contribution in [0.15, 0.2) is 18.2 Å². The Bertz CT molecular complexity index is 449. The highest BCUT2D eigenvalue weighted by molar-refractivity contribution is 6.17. The Balaban J connectivity index is 3.08. The normalized spacial score (nSPS) is 12.5. The second kappa shape index (κ2) is 6.75. The van der Waals surface area contributed by atoms with Crippen LogP contribution in [0.25, 0.3) is 0 Å². The first-order valence-corrected chi connectivity index (χ1v) is 6.96. The minimum absolute atomic E-state index is 0.122. The molecule has 0 fully saturated rings. The van der Waals surface area contributed by atoms with E-state index in [0.717, 1.165) is 12.0 Å². The summed E-state index contributed by atoms with van der Waals surface area (Å²) in [5.74, 6) is 0.838. The van der Waals surface area contributed by atoms with Gasteiger partial charge in [-0.1, -0.05) is 19.9 Å². The van der Waals surface area contributed by atoms with E-state index in [9.17, 15) is 10.1 Å². The summed E-state index contributed by atoms with van der Waals surface area (Å²) in [7, 11) is 1.90. The topological polar surface area (TPSA) is 46.4 Å². The quantitative estimate of drug-likeness (QED) is 0.447. The third-order valence-corrected chi connectivity index (χ3v) is 3.55. The molecular formula is C14H21ClN2O2. The van der Waals surface area contributed by atoms with Crippen molar-refractivity contribution in [2.75, 3.05) is 11.9 Å². The first kappa shape index (κ1) is 15.8. The predicted octanol–water partition coefficient (Wildman–Crippen LogP) is 4.20. The van der Waals surface area contributed by atoms with E-state index in [1.807, 2.05) is 18.0 Å². The number of rotatable bonds is 6. The molecule has 1 rings (SSSR count). The SMILES string of the molecule is CC(C)CC(C)N(C)c1ccc(CCl)cc1[N+](=O)[O-]. The monoisotopic (exact) mass is 284 g/mol. The molecule has 1 aromatic rings. The average molecular weight is 285 g/mol. The van der Waals surface area contributed by atoms with Crippen LogP contribution >= 0.6 is 11.6 Å². The number of anilines is 1. The van der Waals surface area contributed by atoms with E-state index in [1.54, 1.807) is 12.1 Å². The molecular weight excluding hydrogens is 264 g/mol. The van der Waals surface area contributed by atoms with Crippen LogP contribution in [0, 0.1) is 16.0 Å². The van der Waals surface area contributed by atoms with E-state index in [1.165, 1.54) is 0 Å². The fourth-order valence-electron chi connectivity index (χ4n) is 2.17. The molecule has 4 nitrogen and oxygen atoms in total. The van der Waals surface area contributed by atoms with Crippen molar-refractivity contribution in [1.29, 1.82) is 0 Å². The lowest BCUT2D eigenvalue weighted by Gasteiger charge is -2.28. The van der Waals surface area contributed by atoms with Gasteiger partial charge in [0.15, 0.2) is 0 Å². The first-order chi connectivity index (χ1) is 8.86. The van der Waals surface area contributed by atoms with Gasteiger partial charge in [0, 0.05) is 25.0 Å². The highest BCUT2D eigenvalue weighted by atomic mass is 35.5. The predicted molar refractivity (Wildman–Crippen MR) is 80.0 cm³/mol. The van der Waals surface area contributed by atoms with Gasteiger partial charge in [0.2, 0.25) is 0 Å². The summed E-state index contributed by atoms with van der Waals surface area (Å²) in [5.41, 5.74) is 1.53. The maximum atomic E-state index is 11.2. The molecule has 1 atom stereocenters. The van der Waals surface area contributed by atoms with Crippen molar-refractivity contribution in [2.24, 2.45) is 5.92 Å². The third-order valence-electron chi connectivity index (χ3n) is 3.24. The van der Waals surface area contributed by atoms with Crippen LogP contribution < -0.4 is 4.90 Å². The minimum Gasteiger partial charge on any atom is -0.366 e. The van der Waals surface area contributed by atoms with Gasteiger partial charge < -0.3 is 4.90 Å². The molecule has 0 radical (unpaired) electrons. The molecule has 0 aliphatic carbocycles. The van der Waals surface area contributed by atoms with E-state index in [2.05, 4.69) is 20.8 Å². The van der Waals surface area contributed by atoms with Crippen molar-refractivity contribution in [3.8, 4) is 0 Å². The van der Waals surface area contributed by atoms with Gasteiger partial charge in [-0.25, -0.2) is 0 Å². The van der Waals surface area contributed by atoms with Gasteiger partial charge in [-0.2, -0.15) is 0 Å². The molecule has 0 N–H and O–H groups in total. The standard InChI is InChI=1S/C14H21ClN2O2/c1-10(2)7-11(3)16(4)13-6-5-12(9-15)8-14(13)17(18)19/h5-6,8,10-11H,7,9H2,1-4H3. The van der Waals surface area contributed by atoms with Gasteiger partial charge in [-0.05, 0) is 30.9 Å². The van der Waals surface area contributed by atoms with Gasteiger partial charge >= 0.3 is 0 Å². The van der Waals surface area contributed by atoms with Crippen LogP contribution in [-0.2, 0) is 5.88 Å². The molecule has 0 saturated carbocycles. The average Bonchev–Trinajstić information content (AvgIpc) is 2.36. The van der Waals surface area contributed by atoms with Crippen molar-refractivity contribution >= 4 is 23.0 Å². The number of alkyl halides is 1. The number of benzene rings is 1. The van der Waals surface area contributed by atoms with E-state index in [0.29, 0.717) is 11.6 Å². The second-order valence-electron chi connectivity index (χ2n) is 5.30. The molecule has 19 heavy (non-hydrogen) atoms. The molecule has 0 spiro atoms. The Labute approximate surface area is 119 Å². The molecule has 0 amide bonds. The van der Waals surface area contributed by atoms with Gasteiger partial charge in [0.25, 0.3) is 5.69 Å². The summed E-state index contributed by atoms with van der Waals surface area (Å²) in [5, 5.41) is 11.2. The van der Waals surface area contributed by atoms with Crippen LogP contribution in [0.5, 0.6) is 0 Å². The Morgan fingerprint density at radius 1 is 1.37 bits per heavy atom. The molecule has 1 unspecified atom stereocenters. The highest BCUT2D eigenvalue weighted by Crippen LogP contribution is 2.31. The third kappa shape index (κ3) is 4.10. The number of nitro groups is 1. The lowest BCUT2D eigenvalue weighted by atomic mass is 10.0. The Morgan fingerprint density at radius 2 is 2.00 bits per heavy atom. The van der Waals surface area contributed by atoms with Gasteiger partial charge in [-0.3, -0.25) is 10.1 Å². The number of hydrogen-bond acceptors (Lipinski definition) is 3. The summed E-state index contributed by atoms with van der Waals surface area (Å²) < 4.78 is 0. The Kier molecular flexibility index (Phi) is 5.60. The smallest absolute Gasteiger partial charge is 0.292 e. The van der Waals surface area contributed by atoms with Gasteiger partial charge in [-0.15, -0.1) is 11.6 Å². The van der Waals surface area contributed by atoms with E-state index < -0.39 is 0 Å². The van der Waals surface area contributed by atoms with Crippen LogP contribution in [0.1, 0.15) is 32.8 Å². The largest absolute Gasteiger partial charge is 0.366 e. The molecule has 0 aliphatic heterocycles. The van der Waals surface area contributed by atoms with E-state index in [4.69, 9.17) is 11.6 Å². The zero-order valence-corrected chi connectivity index (χ0v) is 12.6. The summed E-state index contributed by atoms with van der Waals surface area (Å²) >= 11 is 5.73. The van der Waals surface area contributed by atoms with Crippen LogP contribution in [-0.4, -0.2) is 18.0 Å². The summed E-state index contributed by atoms with van der Waals surface area (Å²) in [6, 6.07) is 5.43. The molecule has 0 bridgehead atoms. The Hall–Kier alpha value is -1.29. The van der Waals surface area contributed by atoms with Crippen molar-refractivity contribution in [2.45, 2.75) is 39.1 Å². The van der Waals surface area contributed by atoms with Crippen molar-refractivity contribution in [3.63, 3.8) is 0 Å². The highest BCUT2D eigenvalue weighted by Gasteiger charge is 2.21. The number of nitro benzene ring substituents is 1. The zero-order valence-electron chi connectivity index (χ0n) is 11.9. The fourth-order valence-corrected chi connectivity index (χ4v) is 2.34. The van der Waals surface area contributed by atoms with Crippen LogP contribution in [0.2, 0.25) is 0 Å². The van der Waals surface area contributed by atoms with E-state index >= 15 is 0 Å². The first-order valence-electron chi connectivity index (χ1n) is 6.43. The molecule has 0 heterocycles. The molecule has 0 saturated heterocycles. The molecule has 0 aliphatic rings. The summed E-state index contributed by atoms with van der Waals surface area (Å²) in [6.07, 6.45) is 0.991. The van der Waals surface area contributed by atoms with Crippen molar-refractivity contribution in [1.82, 2.24) is 0 Å². The fraction of sp³-hybridized carbons (Fsp3) is 0.571. The zero-order chi connectivity index (χ0) is 14.6. The second-order valence-corrected chi connectivity index (χ2v) is 5.57.